The number of nitrogens with one attached hydrogen (secondary N) is 2. The molecule has 0 bridgehead atoms. The van der Waals surface area contributed by atoms with Crippen LogP contribution in [-0.2, 0) is 11.3 Å². The van der Waals surface area contributed by atoms with Crippen molar-refractivity contribution in [2.75, 3.05) is 5.32 Å². The van der Waals surface area contributed by atoms with Crippen LogP contribution in [0.2, 0.25) is 0 Å². The van der Waals surface area contributed by atoms with Crippen molar-refractivity contribution in [1.82, 2.24) is 25.2 Å². The lowest BCUT2D eigenvalue weighted by molar-refractivity contribution is -0.117. The third kappa shape index (κ3) is 2.26. The van der Waals surface area contributed by atoms with E-state index in [-0.39, 0.29) is 18.0 Å². The summed E-state index contributed by atoms with van der Waals surface area (Å²) < 4.78 is 1.03. The summed E-state index contributed by atoms with van der Waals surface area (Å²) >= 11 is 0. The van der Waals surface area contributed by atoms with Crippen molar-refractivity contribution in [3.05, 3.63) is 47.0 Å². The fourth-order valence-corrected chi connectivity index (χ4v) is 1.78. The minimum absolute atomic E-state index is 0.207. The molecule has 0 aliphatic carbocycles. The maximum atomic E-state index is 12.1. The number of rotatable bonds is 3. The van der Waals surface area contributed by atoms with Crippen molar-refractivity contribution in [2.45, 2.75) is 6.54 Å². The number of carbonyl (C=O) groups is 1. The second-order valence-electron chi connectivity index (χ2n) is 4.10. The number of fused-ring (bicyclic) bond motifs is 1. The molecule has 0 saturated carbocycles. The zero-order valence-corrected chi connectivity index (χ0v) is 10.3. The Kier molecular flexibility index (Phi) is 2.96. The van der Waals surface area contributed by atoms with Crippen LogP contribution < -0.4 is 10.9 Å². The third-order valence-corrected chi connectivity index (χ3v) is 2.70. The normalized spacial score (nSPS) is 10.6. The van der Waals surface area contributed by atoms with Crippen LogP contribution in [0.25, 0.3) is 10.9 Å². The maximum Gasteiger partial charge on any atom is 0.278 e. The van der Waals surface area contributed by atoms with Gasteiger partial charge in [-0.25, -0.2) is 4.68 Å². The molecule has 0 fully saturated rings. The van der Waals surface area contributed by atoms with E-state index in [2.05, 4.69) is 25.8 Å². The van der Waals surface area contributed by atoms with Gasteiger partial charge in [-0.1, -0.05) is 17.3 Å². The van der Waals surface area contributed by atoms with Gasteiger partial charge in [0.05, 0.1) is 17.3 Å². The number of hydrogen-bond acceptors (Lipinski definition) is 5. The minimum Gasteiger partial charge on any atom is -0.322 e. The topological polar surface area (TPSA) is 106 Å². The van der Waals surface area contributed by atoms with E-state index in [0.29, 0.717) is 16.6 Å². The number of nitrogens with zero attached hydrogens (tertiary/aromatic N) is 4. The summed E-state index contributed by atoms with van der Waals surface area (Å²) in [7, 11) is 0. The van der Waals surface area contributed by atoms with Crippen LogP contribution in [0.3, 0.4) is 0 Å². The van der Waals surface area contributed by atoms with Crippen molar-refractivity contribution in [3.8, 4) is 0 Å². The van der Waals surface area contributed by atoms with Crippen molar-refractivity contribution < 1.29 is 4.79 Å². The molecule has 0 unspecified atom stereocenters. The average molecular weight is 270 g/mol. The predicted octanol–water partition coefficient (Wildman–Crippen LogP) is 0.153. The van der Waals surface area contributed by atoms with Crippen molar-refractivity contribution in [3.63, 3.8) is 0 Å². The quantitative estimate of drug-likeness (QED) is 0.705. The van der Waals surface area contributed by atoms with Crippen LogP contribution in [0.5, 0.6) is 0 Å². The van der Waals surface area contributed by atoms with Crippen LogP contribution in [0, 0.1) is 0 Å². The molecule has 0 aliphatic rings. The summed E-state index contributed by atoms with van der Waals surface area (Å²) in [6.45, 7) is -0.207. The first-order chi connectivity index (χ1) is 9.74. The summed E-state index contributed by atoms with van der Waals surface area (Å²) in [4.78, 5) is 23.9. The monoisotopic (exact) mass is 270 g/mol. The number of aromatic amines is 1. The van der Waals surface area contributed by atoms with E-state index in [9.17, 15) is 9.59 Å². The molecule has 0 saturated heterocycles. The molecule has 3 aromatic rings. The van der Waals surface area contributed by atoms with Crippen molar-refractivity contribution >= 4 is 22.5 Å². The first kappa shape index (κ1) is 12.0. The Morgan fingerprint density at radius 3 is 3.00 bits per heavy atom. The Morgan fingerprint density at radius 2 is 2.20 bits per heavy atom. The summed E-state index contributed by atoms with van der Waals surface area (Å²) in [5.41, 5.74) is 0.679. The number of H-pyrrole nitrogens is 1. The second-order valence-corrected chi connectivity index (χ2v) is 4.10. The predicted molar refractivity (Wildman–Crippen MR) is 71.0 cm³/mol. The van der Waals surface area contributed by atoms with Gasteiger partial charge in [0.25, 0.3) is 5.56 Å². The molecule has 3 rings (SSSR count). The zero-order valence-electron chi connectivity index (χ0n) is 10.3. The molecule has 0 atom stereocenters. The van der Waals surface area contributed by atoms with Gasteiger partial charge < -0.3 is 5.32 Å². The highest BCUT2D eigenvalue weighted by Gasteiger charge is 2.09. The van der Waals surface area contributed by atoms with Gasteiger partial charge in [0, 0.05) is 6.20 Å². The molecule has 1 aromatic carbocycles. The first-order valence-corrected chi connectivity index (χ1v) is 5.85. The third-order valence-electron chi connectivity index (χ3n) is 2.70. The highest BCUT2D eigenvalue weighted by Crippen LogP contribution is 2.04. The van der Waals surface area contributed by atoms with Crippen molar-refractivity contribution in [2.24, 2.45) is 0 Å². The number of anilines is 1. The fourth-order valence-electron chi connectivity index (χ4n) is 1.78. The standard InChI is InChI=1S/C12H10N6O2/c19-11(15-8-5-13-14-6-8)7-18-12(20)9-3-1-2-4-10(9)16-17-18/h1-6H,7H2,(H,13,14)(H,15,19). The molecule has 0 radical (unpaired) electrons. The first-order valence-electron chi connectivity index (χ1n) is 5.85. The molecular formula is C12H10N6O2. The molecule has 0 aliphatic heterocycles. The number of amides is 1. The van der Waals surface area contributed by atoms with Crippen LogP contribution in [0.1, 0.15) is 0 Å². The van der Waals surface area contributed by atoms with Crippen LogP contribution in [-0.4, -0.2) is 31.1 Å². The molecule has 8 nitrogen and oxygen atoms in total. The van der Waals surface area contributed by atoms with Gasteiger partial charge in [0.2, 0.25) is 5.91 Å². The van der Waals surface area contributed by atoms with Gasteiger partial charge in [-0.2, -0.15) is 5.10 Å². The highest BCUT2D eigenvalue weighted by atomic mass is 16.2. The zero-order chi connectivity index (χ0) is 13.9. The highest BCUT2D eigenvalue weighted by molar-refractivity contribution is 5.90. The number of hydrogen-bond donors (Lipinski definition) is 2. The SMILES string of the molecule is O=C(Cn1nnc2ccccc2c1=O)Nc1cn[nH]c1. The smallest absolute Gasteiger partial charge is 0.278 e. The number of carbonyl (C=O) groups excluding carboxylic acids is 1. The molecular weight excluding hydrogens is 260 g/mol. The van der Waals surface area contributed by atoms with Crippen LogP contribution >= 0.6 is 0 Å². The lowest BCUT2D eigenvalue weighted by atomic mass is 10.2. The Hall–Kier alpha value is -3.03. The Bertz CT molecular complexity index is 808. The maximum absolute atomic E-state index is 12.1. The van der Waals surface area contributed by atoms with Gasteiger partial charge in [0.15, 0.2) is 0 Å². The Morgan fingerprint density at radius 1 is 1.35 bits per heavy atom. The lowest BCUT2D eigenvalue weighted by Crippen LogP contribution is -2.30. The van der Waals surface area contributed by atoms with Gasteiger partial charge in [-0.05, 0) is 12.1 Å². The minimum atomic E-state index is -0.377. The molecule has 2 heterocycles. The Balaban J connectivity index is 1.86. The van der Waals surface area contributed by atoms with E-state index in [1.165, 1.54) is 12.4 Å². The van der Waals surface area contributed by atoms with Crippen molar-refractivity contribution in [1.29, 1.82) is 0 Å². The lowest BCUT2D eigenvalue weighted by Gasteiger charge is -2.04. The molecule has 2 N–H and O–H groups in total. The molecule has 8 heteroatoms. The second kappa shape index (κ2) is 4.92. The molecule has 2 aromatic heterocycles. The van der Waals surface area contributed by atoms with Gasteiger partial charge in [-0.3, -0.25) is 14.7 Å². The summed E-state index contributed by atoms with van der Waals surface area (Å²) in [6.07, 6.45) is 3.00. The van der Waals surface area contributed by atoms with E-state index < -0.39 is 0 Å². The Labute approximate surface area is 112 Å². The van der Waals surface area contributed by atoms with E-state index in [1.54, 1.807) is 24.3 Å². The van der Waals surface area contributed by atoms with Crippen LogP contribution in [0.4, 0.5) is 5.69 Å². The van der Waals surface area contributed by atoms with Gasteiger partial charge >= 0.3 is 0 Å². The summed E-state index contributed by atoms with van der Waals surface area (Å²) in [6, 6.07) is 6.85. The summed E-state index contributed by atoms with van der Waals surface area (Å²) in [5.74, 6) is -0.377. The molecule has 1 amide bonds. The van der Waals surface area contributed by atoms with E-state index in [4.69, 9.17) is 0 Å². The number of benzene rings is 1. The van der Waals surface area contributed by atoms with Crippen LogP contribution in [0.15, 0.2) is 41.5 Å². The molecule has 100 valence electrons. The largest absolute Gasteiger partial charge is 0.322 e. The fraction of sp³-hybridized carbons (Fsp3) is 0.0833. The average Bonchev–Trinajstić information content (AvgIpc) is 2.95. The molecule has 0 spiro atoms. The van der Waals surface area contributed by atoms with Gasteiger partial charge in [-0.15, -0.1) is 5.10 Å². The van der Waals surface area contributed by atoms with E-state index in [0.717, 1.165) is 4.68 Å². The van der Waals surface area contributed by atoms with E-state index >= 15 is 0 Å². The summed E-state index contributed by atoms with van der Waals surface area (Å²) in [5, 5.41) is 16.9. The van der Waals surface area contributed by atoms with E-state index in [1.807, 2.05) is 0 Å². The number of aromatic nitrogens is 5. The van der Waals surface area contributed by atoms with Gasteiger partial charge in [0.1, 0.15) is 12.1 Å². The molecule has 20 heavy (non-hydrogen) atoms.